The second kappa shape index (κ2) is 6.06. The Labute approximate surface area is 113 Å². The summed E-state index contributed by atoms with van der Waals surface area (Å²) in [5.41, 5.74) is 1.99. The Morgan fingerprint density at radius 2 is 2.21 bits per heavy atom. The van der Waals surface area contributed by atoms with E-state index in [1.807, 2.05) is 19.1 Å². The number of phenols is 1. The molecule has 2 rings (SSSR count). The second-order valence-corrected chi connectivity index (χ2v) is 5.41. The molecule has 0 radical (unpaired) electrons. The van der Waals surface area contributed by atoms with Gasteiger partial charge in [-0.3, -0.25) is 4.79 Å². The number of rotatable bonds is 4. The van der Waals surface area contributed by atoms with Crippen LogP contribution in [0.2, 0.25) is 0 Å². The van der Waals surface area contributed by atoms with Crippen LogP contribution in [-0.4, -0.2) is 22.2 Å². The van der Waals surface area contributed by atoms with E-state index in [0.717, 1.165) is 30.4 Å². The minimum absolute atomic E-state index is 0.225. The van der Waals surface area contributed by atoms with Gasteiger partial charge in [0.1, 0.15) is 5.75 Å². The van der Waals surface area contributed by atoms with Crippen molar-refractivity contribution in [2.75, 3.05) is 0 Å². The lowest BCUT2D eigenvalue weighted by atomic mass is 9.85. The molecule has 2 unspecified atom stereocenters. The molecule has 1 aliphatic carbocycles. The van der Waals surface area contributed by atoms with E-state index in [1.165, 1.54) is 0 Å². The first-order valence-electron chi connectivity index (χ1n) is 6.81. The third-order valence-corrected chi connectivity index (χ3v) is 3.84. The van der Waals surface area contributed by atoms with Crippen molar-refractivity contribution in [3.05, 3.63) is 29.3 Å². The van der Waals surface area contributed by atoms with Crippen LogP contribution in [-0.2, 0) is 11.3 Å². The summed E-state index contributed by atoms with van der Waals surface area (Å²) < 4.78 is 0. The molecule has 0 bridgehead atoms. The molecule has 0 aromatic heterocycles. The van der Waals surface area contributed by atoms with Crippen molar-refractivity contribution in [2.45, 2.75) is 45.2 Å². The van der Waals surface area contributed by atoms with Gasteiger partial charge in [0.2, 0.25) is 0 Å². The SMILES string of the molecule is Cc1ccc(O)c(CNC2CCCC(C(=O)O)C2)c1. The van der Waals surface area contributed by atoms with Crippen molar-refractivity contribution >= 4 is 5.97 Å². The maximum Gasteiger partial charge on any atom is 0.306 e. The van der Waals surface area contributed by atoms with Crippen LogP contribution in [0.4, 0.5) is 0 Å². The standard InChI is InChI=1S/C15H21NO3/c1-10-5-6-14(17)12(7-10)9-16-13-4-2-3-11(8-13)15(18)19/h5-7,11,13,16-17H,2-4,8-9H2,1H3,(H,18,19). The van der Waals surface area contributed by atoms with Gasteiger partial charge in [-0.1, -0.05) is 24.1 Å². The number of carbonyl (C=O) groups is 1. The lowest BCUT2D eigenvalue weighted by molar-refractivity contribution is -0.143. The summed E-state index contributed by atoms with van der Waals surface area (Å²) in [5, 5.41) is 22.2. The van der Waals surface area contributed by atoms with Crippen molar-refractivity contribution in [3.63, 3.8) is 0 Å². The molecule has 1 fully saturated rings. The molecule has 104 valence electrons. The zero-order chi connectivity index (χ0) is 13.8. The molecule has 1 aromatic carbocycles. The fourth-order valence-corrected chi connectivity index (χ4v) is 2.71. The highest BCUT2D eigenvalue weighted by molar-refractivity contribution is 5.70. The van der Waals surface area contributed by atoms with Gasteiger partial charge >= 0.3 is 5.97 Å². The number of benzene rings is 1. The molecule has 4 nitrogen and oxygen atoms in total. The number of aliphatic carboxylic acids is 1. The van der Waals surface area contributed by atoms with Crippen LogP contribution in [0, 0.1) is 12.8 Å². The highest BCUT2D eigenvalue weighted by atomic mass is 16.4. The van der Waals surface area contributed by atoms with Crippen LogP contribution < -0.4 is 5.32 Å². The fourth-order valence-electron chi connectivity index (χ4n) is 2.71. The largest absolute Gasteiger partial charge is 0.508 e. The van der Waals surface area contributed by atoms with Gasteiger partial charge in [0.05, 0.1) is 5.92 Å². The summed E-state index contributed by atoms with van der Waals surface area (Å²) in [7, 11) is 0. The number of nitrogens with one attached hydrogen (secondary N) is 1. The summed E-state index contributed by atoms with van der Waals surface area (Å²) in [6.07, 6.45) is 3.43. The number of carboxylic acids is 1. The van der Waals surface area contributed by atoms with E-state index in [0.29, 0.717) is 18.7 Å². The first kappa shape index (κ1) is 13.9. The van der Waals surface area contributed by atoms with Crippen LogP contribution in [0.3, 0.4) is 0 Å². The number of aromatic hydroxyl groups is 1. The van der Waals surface area contributed by atoms with Gasteiger partial charge in [0.15, 0.2) is 0 Å². The highest BCUT2D eigenvalue weighted by Gasteiger charge is 2.26. The molecule has 2 atom stereocenters. The molecule has 0 saturated heterocycles. The zero-order valence-electron chi connectivity index (χ0n) is 11.2. The van der Waals surface area contributed by atoms with Crippen molar-refractivity contribution in [3.8, 4) is 5.75 Å². The third-order valence-electron chi connectivity index (χ3n) is 3.84. The molecule has 0 heterocycles. The Hall–Kier alpha value is -1.55. The Morgan fingerprint density at radius 1 is 1.42 bits per heavy atom. The lowest BCUT2D eigenvalue weighted by Crippen LogP contribution is -2.36. The summed E-state index contributed by atoms with van der Waals surface area (Å²) in [6, 6.07) is 5.77. The van der Waals surface area contributed by atoms with Crippen molar-refractivity contribution in [1.29, 1.82) is 0 Å². The first-order valence-corrected chi connectivity index (χ1v) is 6.81. The molecule has 1 aliphatic rings. The van der Waals surface area contributed by atoms with E-state index < -0.39 is 5.97 Å². The molecular weight excluding hydrogens is 242 g/mol. The third kappa shape index (κ3) is 3.70. The molecular formula is C15H21NO3. The van der Waals surface area contributed by atoms with Gasteiger partial charge in [-0.2, -0.15) is 0 Å². The maximum atomic E-state index is 11.0. The summed E-state index contributed by atoms with van der Waals surface area (Å²) in [5.74, 6) is -0.619. The minimum Gasteiger partial charge on any atom is -0.508 e. The van der Waals surface area contributed by atoms with Crippen molar-refractivity contribution in [2.24, 2.45) is 5.92 Å². The smallest absolute Gasteiger partial charge is 0.306 e. The van der Waals surface area contributed by atoms with Crippen LogP contribution in [0.15, 0.2) is 18.2 Å². The molecule has 0 amide bonds. The Bertz CT molecular complexity index is 459. The van der Waals surface area contributed by atoms with E-state index in [1.54, 1.807) is 6.07 Å². The van der Waals surface area contributed by atoms with Gasteiger partial charge in [-0.05, 0) is 32.3 Å². The molecule has 1 aromatic rings. The van der Waals surface area contributed by atoms with Crippen molar-refractivity contribution in [1.82, 2.24) is 5.32 Å². The van der Waals surface area contributed by atoms with Gasteiger partial charge < -0.3 is 15.5 Å². The average Bonchev–Trinajstić information content (AvgIpc) is 2.40. The fraction of sp³-hybridized carbons (Fsp3) is 0.533. The molecule has 0 spiro atoms. The van der Waals surface area contributed by atoms with Crippen molar-refractivity contribution < 1.29 is 15.0 Å². The minimum atomic E-state index is -0.690. The number of aryl methyl sites for hydroxylation is 1. The average molecular weight is 263 g/mol. The van der Waals surface area contributed by atoms with Gasteiger partial charge in [-0.15, -0.1) is 0 Å². The monoisotopic (exact) mass is 263 g/mol. The van der Waals surface area contributed by atoms with Gasteiger partial charge in [0, 0.05) is 18.2 Å². The van der Waals surface area contributed by atoms with Crippen LogP contribution in [0.1, 0.15) is 36.8 Å². The van der Waals surface area contributed by atoms with Gasteiger partial charge in [-0.25, -0.2) is 0 Å². The highest BCUT2D eigenvalue weighted by Crippen LogP contribution is 2.25. The lowest BCUT2D eigenvalue weighted by Gasteiger charge is -2.27. The predicted octanol–water partition coefficient (Wildman–Crippen LogP) is 2.43. The van der Waals surface area contributed by atoms with E-state index in [9.17, 15) is 9.90 Å². The number of hydrogen-bond acceptors (Lipinski definition) is 3. The summed E-state index contributed by atoms with van der Waals surface area (Å²) >= 11 is 0. The van der Waals surface area contributed by atoms with Crippen LogP contribution in [0.5, 0.6) is 5.75 Å². The maximum absolute atomic E-state index is 11.0. The van der Waals surface area contributed by atoms with Gasteiger partial charge in [0.25, 0.3) is 0 Å². The number of phenolic OH excluding ortho intramolecular Hbond substituents is 1. The quantitative estimate of drug-likeness (QED) is 0.780. The summed E-state index contributed by atoms with van der Waals surface area (Å²) in [6.45, 7) is 2.58. The Balaban J connectivity index is 1.91. The molecule has 4 heteroatoms. The van der Waals surface area contributed by atoms with E-state index in [-0.39, 0.29) is 12.0 Å². The molecule has 1 saturated carbocycles. The van der Waals surface area contributed by atoms with E-state index in [4.69, 9.17) is 5.11 Å². The summed E-state index contributed by atoms with van der Waals surface area (Å²) in [4.78, 5) is 11.0. The van der Waals surface area contributed by atoms with Crippen LogP contribution >= 0.6 is 0 Å². The number of carboxylic acid groups (broad SMARTS) is 1. The number of hydrogen-bond donors (Lipinski definition) is 3. The molecule has 19 heavy (non-hydrogen) atoms. The van der Waals surface area contributed by atoms with E-state index >= 15 is 0 Å². The zero-order valence-corrected chi connectivity index (χ0v) is 11.2. The second-order valence-electron chi connectivity index (χ2n) is 5.41. The van der Waals surface area contributed by atoms with Crippen LogP contribution in [0.25, 0.3) is 0 Å². The first-order chi connectivity index (χ1) is 9.06. The Kier molecular flexibility index (Phi) is 4.43. The molecule has 0 aliphatic heterocycles. The van der Waals surface area contributed by atoms with E-state index in [2.05, 4.69) is 5.32 Å². The molecule has 3 N–H and O–H groups in total. The predicted molar refractivity (Wildman–Crippen MR) is 73.1 cm³/mol. The Morgan fingerprint density at radius 3 is 2.95 bits per heavy atom. The normalized spacial score (nSPS) is 23.2. The topological polar surface area (TPSA) is 69.6 Å².